The normalized spacial score (nSPS) is 16.6. The van der Waals surface area contributed by atoms with Gasteiger partial charge < -0.3 is 10.6 Å². The fourth-order valence-electron chi connectivity index (χ4n) is 1.56. The molecule has 0 aromatic rings. The van der Waals surface area contributed by atoms with Crippen molar-refractivity contribution in [2.24, 2.45) is 11.7 Å². The molecule has 4 heteroatoms. The van der Waals surface area contributed by atoms with Crippen LogP contribution in [0.1, 0.15) is 19.3 Å². The maximum Gasteiger partial charge on any atom is 0.240 e. The van der Waals surface area contributed by atoms with Crippen molar-refractivity contribution >= 4 is 17.7 Å². The van der Waals surface area contributed by atoms with Gasteiger partial charge in [0, 0.05) is 6.54 Å². The van der Waals surface area contributed by atoms with E-state index in [1.807, 2.05) is 6.26 Å². The van der Waals surface area contributed by atoms with Crippen molar-refractivity contribution in [3.63, 3.8) is 0 Å². The molecule has 1 fully saturated rings. The topological polar surface area (TPSA) is 46.3 Å². The summed E-state index contributed by atoms with van der Waals surface area (Å²) in [6.07, 6.45) is 10.5. The summed E-state index contributed by atoms with van der Waals surface area (Å²) in [7, 11) is 0. The number of hydrogen-bond acceptors (Lipinski definition) is 3. The van der Waals surface area contributed by atoms with Crippen LogP contribution in [0.5, 0.6) is 0 Å². The predicted molar refractivity (Wildman–Crippen MR) is 69.1 cm³/mol. The lowest BCUT2D eigenvalue weighted by Crippen LogP contribution is -2.45. The van der Waals surface area contributed by atoms with E-state index in [2.05, 4.69) is 5.92 Å². The van der Waals surface area contributed by atoms with Gasteiger partial charge in [0.25, 0.3) is 0 Å². The van der Waals surface area contributed by atoms with Gasteiger partial charge in [-0.05, 0) is 37.2 Å². The van der Waals surface area contributed by atoms with Crippen LogP contribution in [0.25, 0.3) is 0 Å². The standard InChI is InChI=1S/C12H20N2OS/c1-3-7-14(9-10-4-5-10)12(15)11(13)6-8-16-2/h1,10-11H,4-9,13H2,2H3/t11-/m1/s1. The van der Waals surface area contributed by atoms with Crippen LogP contribution in [0.2, 0.25) is 0 Å². The zero-order chi connectivity index (χ0) is 12.0. The highest BCUT2D eigenvalue weighted by Gasteiger charge is 2.28. The highest BCUT2D eigenvalue weighted by molar-refractivity contribution is 7.98. The Kier molecular flexibility index (Phi) is 5.72. The predicted octanol–water partition coefficient (Wildman–Crippen LogP) is 0.939. The third-order valence-corrected chi connectivity index (χ3v) is 3.36. The first-order chi connectivity index (χ1) is 7.69. The van der Waals surface area contributed by atoms with Gasteiger partial charge in [-0.3, -0.25) is 4.79 Å². The van der Waals surface area contributed by atoms with Crippen molar-refractivity contribution in [2.75, 3.05) is 25.1 Å². The third-order valence-electron chi connectivity index (χ3n) is 2.72. The van der Waals surface area contributed by atoms with Gasteiger partial charge in [-0.2, -0.15) is 11.8 Å². The molecule has 0 heterocycles. The summed E-state index contributed by atoms with van der Waals surface area (Å²) in [5.74, 6) is 4.12. The largest absolute Gasteiger partial charge is 0.330 e. The van der Waals surface area contributed by atoms with E-state index in [0.29, 0.717) is 12.5 Å². The van der Waals surface area contributed by atoms with E-state index in [4.69, 9.17) is 12.2 Å². The zero-order valence-corrected chi connectivity index (χ0v) is 10.6. The summed E-state index contributed by atoms with van der Waals surface area (Å²) in [6, 6.07) is -0.389. The SMILES string of the molecule is C#CCN(CC1CC1)C(=O)[C@H](N)CCSC. The minimum Gasteiger partial charge on any atom is -0.330 e. The van der Waals surface area contributed by atoms with Crippen LogP contribution in [0, 0.1) is 18.3 Å². The van der Waals surface area contributed by atoms with E-state index < -0.39 is 0 Å². The zero-order valence-electron chi connectivity index (χ0n) is 9.82. The number of rotatable bonds is 7. The maximum atomic E-state index is 12.0. The molecule has 0 aromatic heterocycles. The average Bonchev–Trinajstić information content (AvgIpc) is 3.08. The van der Waals surface area contributed by atoms with Crippen LogP contribution in [-0.4, -0.2) is 41.9 Å². The van der Waals surface area contributed by atoms with E-state index >= 15 is 0 Å². The molecule has 1 atom stereocenters. The van der Waals surface area contributed by atoms with Crippen molar-refractivity contribution in [3.8, 4) is 12.3 Å². The molecule has 0 unspecified atom stereocenters. The lowest BCUT2D eigenvalue weighted by Gasteiger charge is -2.23. The van der Waals surface area contributed by atoms with Crippen LogP contribution in [0.3, 0.4) is 0 Å². The van der Waals surface area contributed by atoms with Crippen molar-refractivity contribution in [1.82, 2.24) is 4.90 Å². The molecule has 90 valence electrons. The monoisotopic (exact) mass is 240 g/mol. The molecule has 3 nitrogen and oxygen atoms in total. The number of amides is 1. The molecule has 0 radical (unpaired) electrons. The van der Waals surface area contributed by atoms with Crippen molar-refractivity contribution in [3.05, 3.63) is 0 Å². The van der Waals surface area contributed by atoms with Gasteiger partial charge in [0.15, 0.2) is 0 Å². The van der Waals surface area contributed by atoms with Gasteiger partial charge in [-0.25, -0.2) is 0 Å². The molecule has 0 aliphatic heterocycles. The Bertz CT molecular complexity index is 271. The quantitative estimate of drug-likeness (QED) is 0.674. The summed E-state index contributed by atoms with van der Waals surface area (Å²) in [6.45, 7) is 1.18. The maximum absolute atomic E-state index is 12.0. The molecular formula is C12H20N2OS. The molecule has 1 saturated carbocycles. The Labute approximate surface area is 102 Å². The number of hydrogen-bond donors (Lipinski definition) is 1. The molecule has 1 aliphatic carbocycles. The molecule has 1 amide bonds. The second-order valence-electron chi connectivity index (χ2n) is 4.25. The molecule has 16 heavy (non-hydrogen) atoms. The number of nitrogens with zero attached hydrogens (tertiary/aromatic N) is 1. The van der Waals surface area contributed by atoms with Crippen LogP contribution >= 0.6 is 11.8 Å². The number of thioether (sulfide) groups is 1. The van der Waals surface area contributed by atoms with Crippen LogP contribution < -0.4 is 5.73 Å². The van der Waals surface area contributed by atoms with Gasteiger partial charge in [0.1, 0.15) is 0 Å². The molecule has 0 spiro atoms. The van der Waals surface area contributed by atoms with Crippen LogP contribution in [-0.2, 0) is 4.79 Å². The summed E-state index contributed by atoms with van der Waals surface area (Å²) in [5, 5.41) is 0. The first-order valence-corrected chi connectivity index (χ1v) is 7.05. The van der Waals surface area contributed by atoms with Gasteiger partial charge in [0.05, 0.1) is 12.6 Å². The van der Waals surface area contributed by atoms with E-state index in [9.17, 15) is 4.79 Å². The van der Waals surface area contributed by atoms with Crippen LogP contribution in [0.4, 0.5) is 0 Å². The second kappa shape index (κ2) is 6.82. The van der Waals surface area contributed by atoms with Crippen molar-refractivity contribution < 1.29 is 4.79 Å². The number of terminal acetylenes is 1. The Balaban J connectivity index is 2.41. The lowest BCUT2D eigenvalue weighted by atomic mass is 10.2. The Hall–Kier alpha value is -0.660. The Morgan fingerprint density at radius 3 is 2.88 bits per heavy atom. The fourth-order valence-corrected chi connectivity index (χ4v) is 2.05. The van der Waals surface area contributed by atoms with E-state index in [-0.39, 0.29) is 11.9 Å². The summed E-state index contributed by atoms with van der Waals surface area (Å²) in [5.41, 5.74) is 5.86. The van der Waals surface area contributed by atoms with Crippen molar-refractivity contribution in [1.29, 1.82) is 0 Å². The molecule has 0 bridgehead atoms. The van der Waals surface area contributed by atoms with E-state index in [1.54, 1.807) is 16.7 Å². The van der Waals surface area contributed by atoms with Gasteiger partial charge in [-0.15, -0.1) is 6.42 Å². The molecule has 2 N–H and O–H groups in total. The fraction of sp³-hybridized carbons (Fsp3) is 0.750. The third kappa shape index (κ3) is 4.46. The minimum atomic E-state index is -0.389. The molecule has 0 saturated heterocycles. The highest BCUT2D eigenvalue weighted by atomic mass is 32.2. The smallest absolute Gasteiger partial charge is 0.240 e. The molecule has 1 rings (SSSR count). The van der Waals surface area contributed by atoms with E-state index in [1.165, 1.54) is 12.8 Å². The van der Waals surface area contributed by atoms with Gasteiger partial charge in [-0.1, -0.05) is 5.92 Å². The van der Waals surface area contributed by atoms with Crippen LogP contribution in [0.15, 0.2) is 0 Å². The van der Waals surface area contributed by atoms with Crippen molar-refractivity contribution in [2.45, 2.75) is 25.3 Å². The number of carbonyl (C=O) groups is 1. The summed E-state index contributed by atoms with van der Waals surface area (Å²) < 4.78 is 0. The number of nitrogens with two attached hydrogens (primary N) is 1. The second-order valence-corrected chi connectivity index (χ2v) is 5.24. The highest BCUT2D eigenvalue weighted by Crippen LogP contribution is 2.29. The number of carbonyl (C=O) groups excluding carboxylic acids is 1. The molecule has 0 aromatic carbocycles. The van der Waals surface area contributed by atoms with Gasteiger partial charge >= 0.3 is 0 Å². The Morgan fingerprint density at radius 1 is 1.69 bits per heavy atom. The minimum absolute atomic E-state index is 0.0129. The summed E-state index contributed by atoms with van der Waals surface area (Å²) >= 11 is 1.71. The molecule has 1 aliphatic rings. The first kappa shape index (κ1) is 13.4. The lowest BCUT2D eigenvalue weighted by molar-refractivity contribution is -0.132. The Morgan fingerprint density at radius 2 is 2.38 bits per heavy atom. The van der Waals surface area contributed by atoms with E-state index in [0.717, 1.165) is 18.7 Å². The van der Waals surface area contributed by atoms with Gasteiger partial charge in [0.2, 0.25) is 5.91 Å². The molecular weight excluding hydrogens is 220 g/mol. The average molecular weight is 240 g/mol. The first-order valence-electron chi connectivity index (χ1n) is 5.65. The summed E-state index contributed by atoms with van der Waals surface area (Å²) in [4.78, 5) is 13.7.